The Labute approximate surface area is 183 Å². The first-order chi connectivity index (χ1) is 14.9. The molecule has 31 heavy (non-hydrogen) atoms. The molecule has 2 heterocycles. The van der Waals surface area contributed by atoms with Crippen molar-refractivity contribution < 1.29 is 13.6 Å². The molecule has 4 rings (SSSR count). The fourth-order valence-electron chi connectivity index (χ4n) is 3.51. The maximum Gasteiger partial charge on any atom is 0.254 e. The molecule has 2 atom stereocenters. The topological polar surface area (TPSA) is 137 Å². The Hall–Kier alpha value is -2.76. The molecule has 0 radical (unpaired) electrons. The number of rotatable bonds is 8. The number of hydrogen-bond donors (Lipinski definition) is 4. The molecular weight excluding hydrogens is 418 g/mol. The normalized spacial score (nSPS) is 19.0. The Morgan fingerprint density at radius 2 is 1.90 bits per heavy atom. The van der Waals surface area contributed by atoms with Gasteiger partial charge in [0.25, 0.3) is 5.91 Å². The SMILES string of the molecule is CC(N1CCN(c2ccc(Nc3ncc(C(N)=O)c(NC4CC4)n3)cc2)CC1)S(=O)O. The fraction of sp³-hybridized carbons (Fsp3) is 0.450. The van der Waals surface area contributed by atoms with Crippen molar-refractivity contribution in [2.75, 3.05) is 41.7 Å². The molecule has 5 N–H and O–H groups in total. The zero-order valence-corrected chi connectivity index (χ0v) is 18.1. The summed E-state index contributed by atoms with van der Waals surface area (Å²) in [6.45, 7) is 4.84. The summed E-state index contributed by atoms with van der Waals surface area (Å²) in [5, 5.41) is 6.04. The van der Waals surface area contributed by atoms with E-state index in [-0.39, 0.29) is 10.9 Å². The monoisotopic (exact) mass is 445 g/mol. The first-order valence-electron chi connectivity index (χ1n) is 10.3. The zero-order chi connectivity index (χ0) is 22.0. The summed E-state index contributed by atoms with van der Waals surface area (Å²) in [6.07, 6.45) is 3.55. The van der Waals surface area contributed by atoms with Gasteiger partial charge in [-0.2, -0.15) is 4.98 Å². The highest BCUT2D eigenvalue weighted by atomic mass is 32.2. The smallest absolute Gasteiger partial charge is 0.254 e. The van der Waals surface area contributed by atoms with Crippen LogP contribution in [0.4, 0.5) is 23.1 Å². The van der Waals surface area contributed by atoms with Gasteiger partial charge in [0.05, 0.1) is 5.56 Å². The first kappa shape index (κ1) is 21.5. The standard InChI is InChI=1S/C20H27N7O3S/c1-13(31(29)30)26-8-10-27(11-9-26)16-6-4-15(5-7-16)24-20-22-12-17(18(21)28)19(25-20)23-14-2-3-14/h4-7,12-14H,2-3,8-11H2,1H3,(H2,21,28)(H,29,30)(H2,22,23,24,25). The average Bonchev–Trinajstić information content (AvgIpc) is 3.58. The molecule has 1 aliphatic carbocycles. The van der Waals surface area contributed by atoms with Crippen LogP contribution in [0, 0.1) is 0 Å². The summed E-state index contributed by atoms with van der Waals surface area (Å²) in [7, 11) is 0. The Bertz CT molecular complexity index is 960. The summed E-state index contributed by atoms with van der Waals surface area (Å²) in [5.41, 5.74) is 7.63. The lowest BCUT2D eigenvalue weighted by Gasteiger charge is -2.38. The number of nitrogens with zero attached hydrogens (tertiary/aromatic N) is 4. The largest absolute Gasteiger partial charge is 0.369 e. The lowest BCUT2D eigenvalue weighted by Crippen LogP contribution is -2.50. The van der Waals surface area contributed by atoms with E-state index in [9.17, 15) is 13.6 Å². The third-order valence-corrected chi connectivity index (χ3v) is 6.46. The van der Waals surface area contributed by atoms with E-state index in [1.807, 2.05) is 29.2 Å². The van der Waals surface area contributed by atoms with Gasteiger partial charge in [-0.05, 0) is 44.0 Å². The second-order valence-electron chi connectivity index (χ2n) is 7.81. The van der Waals surface area contributed by atoms with Gasteiger partial charge in [-0.1, -0.05) is 0 Å². The fourth-order valence-corrected chi connectivity index (χ4v) is 3.98. The number of primary amides is 1. The van der Waals surface area contributed by atoms with Crippen molar-refractivity contribution in [1.82, 2.24) is 14.9 Å². The van der Waals surface area contributed by atoms with Crippen molar-refractivity contribution in [3.63, 3.8) is 0 Å². The van der Waals surface area contributed by atoms with Crippen LogP contribution in [0.25, 0.3) is 0 Å². The number of amides is 1. The summed E-state index contributed by atoms with van der Waals surface area (Å²) in [4.78, 5) is 24.5. The summed E-state index contributed by atoms with van der Waals surface area (Å²) >= 11 is -1.84. The van der Waals surface area contributed by atoms with Crippen LogP contribution in [-0.2, 0) is 11.1 Å². The molecule has 0 spiro atoms. The molecule has 1 aliphatic heterocycles. The highest BCUT2D eigenvalue weighted by Crippen LogP contribution is 2.27. The van der Waals surface area contributed by atoms with Crippen molar-refractivity contribution in [2.24, 2.45) is 5.73 Å². The number of nitrogens with one attached hydrogen (secondary N) is 2. The predicted octanol–water partition coefficient (Wildman–Crippen LogP) is 1.58. The van der Waals surface area contributed by atoms with Crippen LogP contribution in [-0.4, -0.2) is 67.1 Å². The minimum absolute atomic E-state index is 0.284. The van der Waals surface area contributed by atoms with Gasteiger partial charge < -0.3 is 25.8 Å². The van der Waals surface area contributed by atoms with E-state index >= 15 is 0 Å². The molecule has 1 saturated heterocycles. The Balaban J connectivity index is 1.39. The van der Waals surface area contributed by atoms with Crippen LogP contribution in [0.2, 0.25) is 0 Å². The second kappa shape index (κ2) is 9.16. The molecular formula is C20H27N7O3S. The van der Waals surface area contributed by atoms with Gasteiger partial charge in [0.1, 0.15) is 11.2 Å². The molecule has 2 unspecified atom stereocenters. The second-order valence-corrected chi connectivity index (χ2v) is 9.04. The number of aromatic nitrogens is 2. The molecule has 1 saturated carbocycles. The number of carbonyl (C=O) groups is 1. The summed E-state index contributed by atoms with van der Waals surface area (Å²) < 4.78 is 20.6. The van der Waals surface area contributed by atoms with Crippen LogP contribution in [0.5, 0.6) is 0 Å². The number of carbonyl (C=O) groups excluding carboxylic acids is 1. The van der Waals surface area contributed by atoms with E-state index in [1.165, 1.54) is 6.20 Å². The predicted molar refractivity (Wildman–Crippen MR) is 121 cm³/mol. The van der Waals surface area contributed by atoms with Crippen LogP contribution >= 0.6 is 0 Å². The van der Waals surface area contributed by atoms with Gasteiger partial charge in [0.15, 0.2) is 11.1 Å². The molecule has 166 valence electrons. The average molecular weight is 446 g/mol. The quantitative estimate of drug-likeness (QED) is 0.446. The van der Waals surface area contributed by atoms with Gasteiger partial charge in [-0.25, -0.2) is 9.19 Å². The van der Waals surface area contributed by atoms with E-state index < -0.39 is 17.0 Å². The summed E-state index contributed by atoms with van der Waals surface area (Å²) in [6, 6.07) is 8.28. The van der Waals surface area contributed by atoms with Crippen molar-refractivity contribution in [3.05, 3.63) is 36.0 Å². The molecule has 0 bridgehead atoms. The number of piperazine rings is 1. The molecule has 10 nitrogen and oxygen atoms in total. The third-order valence-electron chi connectivity index (χ3n) is 5.58. The lowest BCUT2D eigenvalue weighted by atomic mass is 10.2. The first-order valence-corrected chi connectivity index (χ1v) is 11.5. The highest BCUT2D eigenvalue weighted by molar-refractivity contribution is 7.79. The zero-order valence-electron chi connectivity index (χ0n) is 17.3. The maximum atomic E-state index is 11.6. The van der Waals surface area contributed by atoms with E-state index in [2.05, 4.69) is 25.5 Å². The highest BCUT2D eigenvalue weighted by Gasteiger charge is 2.25. The van der Waals surface area contributed by atoms with Gasteiger partial charge >= 0.3 is 0 Å². The molecule has 11 heteroatoms. The molecule has 2 aliphatic rings. The number of nitrogens with two attached hydrogens (primary N) is 1. The van der Waals surface area contributed by atoms with Gasteiger partial charge in [-0.15, -0.1) is 0 Å². The van der Waals surface area contributed by atoms with Crippen LogP contribution < -0.4 is 21.3 Å². The van der Waals surface area contributed by atoms with E-state index in [1.54, 1.807) is 6.92 Å². The Morgan fingerprint density at radius 1 is 1.23 bits per heavy atom. The molecule has 2 fully saturated rings. The van der Waals surface area contributed by atoms with Crippen LogP contribution in [0.15, 0.2) is 30.5 Å². The third kappa shape index (κ3) is 5.30. The van der Waals surface area contributed by atoms with Gasteiger partial charge in [0.2, 0.25) is 5.95 Å². The Morgan fingerprint density at radius 3 is 2.48 bits per heavy atom. The molecule has 1 amide bonds. The van der Waals surface area contributed by atoms with Crippen molar-refractivity contribution in [2.45, 2.75) is 31.2 Å². The molecule has 1 aromatic carbocycles. The summed E-state index contributed by atoms with van der Waals surface area (Å²) in [5.74, 6) is 0.291. The molecule has 1 aromatic heterocycles. The van der Waals surface area contributed by atoms with Crippen molar-refractivity contribution >= 4 is 40.1 Å². The van der Waals surface area contributed by atoms with Crippen molar-refractivity contribution in [1.29, 1.82) is 0 Å². The lowest BCUT2D eigenvalue weighted by molar-refractivity contribution is 0.100. The van der Waals surface area contributed by atoms with E-state index in [0.717, 1.165) is 50.4 Å². The van der Waals surface area contributed by atoms with Crippen LogP contribution in [0.1, 0.15) is 30.1 Å². The van der Waals surface area contributed by atoms with Gasteiger partial charge in [-0.3, -0.25) is 9.69 Å². The number of anilines is 4. The minimum atomic E-state index is -1.84. The van der Waals surface area contributed by atoms with Crippen LogP contribution in [0.3, 0.4) is 0 Å². The van der Waals surface area contributed by atoms with Crippen molar-refractivity contribution in [3.8, 4) is 0 Å². The molecule has 2 aromatic rings. The van der Waals surface area contributed by atoms with Gasteiger partial charge in [0, 0.05) is 49.8 Å². The van der Waals surface area contributed by atoms with E-state index in [0.29, 0.717) is 17.8 Å². The minimum Gasteiger partial charge on any atom is -0.369 e. The number of benzene rings is 1. The maximum absolute atomic E-state index is 11.6. The number of hydrogen-bond acceptors (Lipinski definition) is 8. The Kier molecular flexibility index (Phi) is 6.35. The van der Waals surface area contributed by atoms with E-state index in [4.69, 9.17) is 5.73 Å².